The molecule has 1 fully saturated rings. The van der Waals surface area contributed by atoms with Crippen LogP contribution in [0.1, 0.15) is 23.9 Å². The maximum Gasteiger partial charge on any atom is 0.111 e. The first-order valence-corrected chi connectivity index (χ1v) is 6.66. The lowest BCUT2D eigenvalue weighted by atomic mass is 10.2. The lowest BCUT2D eigenvalue weighted by Crippen LogP contribution is -2.11. The summed E-state index contributed by atoms with van der Waals surface area (Å²) < 4.78 is 2.30. The van der Waals surface area contributed by atoms with Gasteiger partial charge < -0.3 is 5.73 Å². The van der Waals surface area contributed by atoms with Gasteiger partial charge in [-0.3, -0.25) is 0 Å². The fourth-order valence-corrected chi connectivity index (χ4v) is 3.11. The molecule has 1 aliphatic carbocycles. The molecule has 0 aliphatic heterocycles. The van der Waals surface area contributed by atoms with Gasteiger partial charge >= 0.3 is 0 Å². The van der Waals surface area contributed by atoms with E-state index >= 15 is 0 Å². The minimum atomic E-state index is 0.154. The second kappa shape index (κ2) is 3.54. The van der Waals surface area contributed by atoms with Gasteiger partial charge in [-0.15, -0.1) is 11.3 Å². The van der Waals surface area contributed by atoms with Gasteiger partial charge in [0.25, 0.3) is 0 Å². The van der Waals surface area contributed by atoms with Crippen LogP contribution in [0.3, 0.4) is 0 Å². The van der Waals surface area contributed by atoms with Gasteiger partial charge in [-0.05, 0) is 37.0 Å². The summed E-state index contributed by atoms with van der Waals surface area (Å²) >= 11 is 5.18. The highest BCUT2D eigenvalue weighted by Crippen LogP contribution is 2.41. The van der Waals surface area contributed by atoms with Crippen molar-refractivity contribution < 1.29 is 0 Å². The van der Waals surface area contributed by atoms with E-state index in [4.69, 9.17) is 5.73 Å². The van der Waals surface area contributed by atoms with Gasteiger partial charge in [-0.2, -0.15) is 0 Å². The number of rotatable bonds is 2. The molecule has 1 atom stereocenters. The average molecular weight is 283 g/mol. The molecule has 1 aromatic heterocycles. The van der Waals surface area contributed by atoms with Crippen molar-refractivity contribution in [3.05, 3.63) is 27.7 Å². The molecule has 0 bridgehead atoms. The fourth-order valence-electron chi connectivity index (χ4n) is 1.72. The Labute approximate surface area is 101 Å². The minimum absolute atomic E-state index is 0.154. The monoisotopic (exact) mass is 282 g/mol. The van der Waals surface area contributed by atoms with Crippen LogP contribution >= 0.6 is 27.3 Å². The summed E-state index contributed by atoms with van der Waals surface area (Å²) in [4.78, 5) is 4.60. The summed E-state index contributed by atoms with van der Waals surface area (Å²) in [6, 6.07) is 6.35. The van der Waals surface area contributed by atoms with Crippen LogP contribution in [-0.2, 0) is 0 Å². The molecule has 0 spiro atoms. The highest BCUT2D eigenvalue weighted by Gasteiger charge is 2.31. The third-order valence-corrected chi connectivity index (χ3v) is 4.41. The number of nitrogens with zero attached hydrogens (tertiary/aromatic N) is 1. The Kier molecular flexibility index (Phi) is 2.30. The van der Waals surface area contributed by atoms with Crippen LogP contribution in [0.15, 0.2) is 22.7 Å². The van der Waals surface area contributed by atoms with Gasteiger partial charge in [0, 0.05) is 4.47 Å². The average Bonchev–Trinajstić information content (AvgIpc) is 2.97. The summed E-state index contributed by atoms with van der Waals surface area (Å²) in [6.07, 6.45) is 2.53. The molecule has 0 saturated heterocycles. The first-order valence-electron chi connectivity index (χ1n) is 5.05. The molecule has 1 heterocycles. The van der Waals surface area contributed by atoms with Crippen LogP contribution < -0.4 is 5.73 Å². The SMILES string of the molecule is NC(c1nc2cc(Br)ccc2s1)C1CC1. The Hall–Kier alpha value is -0.450. The summed E-state index contributed by atoms with van der Waals surface area (Å²) in [6.45, 7) is 0. The second-order valence-corrected chi connectivity index (χ2v) is 6.01. The molecule has 3 rings (SSSR count). The van der Waals surface area contributed by atoms with E-state index in [0.717, 1.165) is 15.0 Å². The van der Waals surface area contributed by atoms with Crippen molar-refractivity contribution in [2.45, 2.75) is 18.9 Å². The number of benzene rings is 1. The fraction of sp³-hybridized carbons (Fsp3) is 0.364. The molecule has 2 N–H and O–H groups in total. The smallest absolute Gasteiger partial charge is 0.111 e. The summed E-state index contributed by atoms with van der Waals surface area (Å²) in [5.41, 5.74) is 7.19. The molecule has 1 unspecified atom stereocenters. The summed E-state index contributed by atoms with van der Waals surface area (Å²) in [7, 11) is 0. The number of hydrogen-bond donors (Lipinski definition) is 1. The molecular formula is C11H11BrN2S. The van der Waals surface area contributed by atoms with Crippen molar-refractivity contribution in [3.8, 4) is 0 Å². The van der Waals surface area contributed by atoms with Crippen LogP contribution in [0.25, 0.3) is 10.2 Å². The van der Waals surface area contributed by atoms with Crippen molar-refractivity contribution in [1.82, 2.24) is 4.98 Å². The zero-order chi connectivity index (χ0) is 10.4. The Bertz CT molecular complexity index is 504. The maximum absolute atomic E-state index is 6.14. The van der Waals surface area contributed by atoms with E-state index in [2.05, 4.69) is 33.0 Å². The zero-order valence-electron chi connectivity index (χ0n) is 8.11. The molecule has 0 radical (unpaired) electrons. The number of aromatic nitrogens is 1. The van der Waals surface area contributed by atoms with E-state index in [0.29, 0.717) is 5.92 Å². The second-order valence-electron chi connectivity index (χ2n) is 4.03. The van der Waals surface area contributed by atoms with Gasteiger partial charge in [-0.1, -0.05) is 15.9 Å². The van der Waals surface area contributed by atoms with Crippen LogP contribution in [0, 0.1) is 5.92 Å². The number of fused-ring (bicyclic) bond motifs is 1. The third-order valence-electron chi connectivity index (χ3n) is 2.78. The van der Waals surface area contributed by atoms with Crippen LogP contribution in [0.5, 0.6) is 0 Å². The van der Waals surface area contributed by atoms with Crippen LogP contribution in [0.2, 0.25) is 0 Å². The molecule has 1 saturated carbocycles. The molecule has 0 amide bonds. The number of thiazole rings is 1. The largest absolute Gasteiger partial charge is 0.322 e. The summed E-state index contributed by atoms with van der Waals surface area (Å²) in [5, 5.41) is 1.09. The zero-order valence-corrected chi connectivity index (χ0v) is 10.5. The Morgan fingerprint density at radius 2 is 2.27 bits per heavy atom. The molecule has 4 heteroatoms. The number of hydrogen-bond acceptors (Lipinski definition) is 3. The topological polar surface area (TPSA) is 38.9 Å². The standard InChI is InChI=1S/C11H11BrN2S/c12-7-3-4-9-8(5-7)14-11(15-9)10(13)6-1-2-6/h3-6,10H,1-2,13H2. The van der Waals surface area contributed by atoms with Crippen LogP contribution in [0.4, 0.5) is 0 Å². The predicted molar refractivity (Wildman–Crippen MR) is 67.0 cm³/mol. The number of halogens is 1. The highest BCUT2D eigenvalue weighted by atomic mass is 79.9. The van der Waals surface area contributed by atoms with Gasteiger partial charge in [-0.25, -0.2) is 4.98 Å². The highest BCUT2D eigenvalue weighted by molar-refractivity contribution is 9.10. The summed E-state index contributed by atoms with van der Waals surface area (Å²) in [5.74, 6) is 0.675. The molecule has 2 aromatic rings. The third kappa shape index (κ3) is 1.82. The van der Waals surface area contributed by atoms with E-state index in [1.54, 1.807) is 11.3 Å². The van der Waals surface area contributed by atoms with Crippen molar-refractivity contribution in [1.29, 1.82) is 0 Å². The maximum atomic E-state index is 6.14. The first kappa shape index (κ1) is 9.75. The van der Waals surface area contributed by atoms with Crippen molar-refractivity contribution >= 4 is 37.5 Å². The number of nitrogens with two attached hydrogens (primary N) is 1. The van der Waals surface area contributed by atoms with E-state index in [1.165, 1.54) is 17.5 Å². The quantitative estimate of drug-likeness (QED) is 0.916. The Balaban J connectivity index is 2.05. The predicted octanol–water partition coefficient (Wildman–Crippen LogP) is 3.47. The van der Waals surface area contributed by atoms with Gasteiger partial charge in [0.1, 0.15) is 5.01 Å². The first-order chi connectivity index (χ1) is 7.24. The molecule has 1 aromatic carbocycles. The van der Waals surface area contributed by atoms with Gasteiger partial charge in [0.2, 0.25) is 0 Å². The van der Waals surface area contributed by atoms with E-state index in [9.17, 15) is 0 Å². The minimum Gasteiger partial charge on any atom is -0.322 e. The molecule has 2 nitrogen and oxygen atoms in total. The van der Waals surface area contributed by atoms with E-state index < -0.39 is 0 Å². The lowest BCUT2D eigenvalue weighted by Gasteiger charge is -2.03. The van der Waals surface area contributed by atoms with E-state index in [-0.39, 0.29) is 6.04 Å². The van der Waals surface area contributed by atoms with Crippen molar-refractivity contribution in [3.63, 3.8) is 0 Å². The van der Waals surface area contributed by atoms with Gasteiger partial charge in [0.15, 0.2) is 0 Å². The van der Waals surface area contributed by atoms with E-state index in [1.807, 2.05) is 6.07 Å². The lowest BCUT2D eigenvalue weighted by molar-refractivity contribution is 0.630. The van der Waals surface area contributed by atoms with Crippen molar-refractivity contribution in [2.24, 2.45) is 11.7 Å². The molecular weight excluding hydrogens is 272 g/mol. The Morgan fingerprint density at radius 3 is 3.00 bits per heavy atom. The van der Waals surface area contributed by atoms with Crippen LogP contribution in [-0.4, -0.2) is 4.98 Å². The van der Waals surface area contributed by atoms with Gasteiger partial charge in [0.05, 0.1) is 16.3 Å². The molecule has 1 aliphatic rings. The van der Waals surface area contributed by atoms with Crippen molar-refractivity contribution in [2.75, 3.05) is 0 Å². The molecule has 15 heavy (non-hydrogen) atoms. The normalized spacial score (nSPS) is 18.3. The molecule has 78 valence electrons. The Morgan fingerprint density at radius 1 is 1.47 bits per heavy atom.